The molecule has 28 heteroatoms. The van der Waals surface area contributed by atoms with Crippen LogP contribution in [0.15, 0.2) is 36.4 Å². The van der Waals surface area contributed by atoms with Gasteiger partial charge in [-0.2, -0.15) is 0 Å². The van der Waals surface area contributed by atoms with E-state index in [1.165, 1.54) is 24.3 Å². The molecule has 16 N–H and O–H groups in total. The van der Waals surface area contributed by atoms with Crippen LogP contribution in [0.2, 0.25) is 0 Å². The number of amides is 6. The molecule has 0 aliphatic heterocycles. The molecule has 0 spiro atoms. The van der Waals surface area contributed by atoms with Crippen LogP contribution in [0.1, 0.15) is 36.8 Å². The van der Waals surface area contributed by atoms with Gasteiger partial charge in [0, 0.05) is 24.3 Å². The Balaban J connectivity index is 2.04. The fraction of sp³-hybridized carbons (Fsp3) is 0.421. The number of hydrogen-bond acceptors (Lipinski definition) is 16. The summed E-state index contributed by atoms with van der Waals surface area (Å²) in [5, 5.41) is 70.4. The summed E-state index contributed by atoms with van der Waals surface area (Å²) in [4.78, 5) is 123. The Bertz CT molecular complexity index is 1980. The van der Waals surface area contributed by atoms with E-state index in [2.05, 4.69) is 31.9 Å². The van der Waals surface area contributed by atoms with E-state index in [1.54, 1.807) is 12.1 Å². The quantitative estimate of drug-likeness (QED) is 0.0243. The largest absolute Gasteiger partial charge is 0.507 e. The number of phenolic OH excluding ortho intramolecular Hbond substituents is 2. The Kier molecular flexibility index (Phi) is 24.8. The standard InChI is InChI=1S/C38H48I2N8O16S2/c39-19-9-17(1-5-27(19)49)11-21(41)33(57)47-23(37(61)62)3-7-29(51)45-25(35(59)43-13-31(53)54)15-65-66-16-26(36(60)44-14-32(55)56)46-30(52)8-4-24(38(63)64)48-34(58)22(42)12-18-2-6-28(50)20(40)10-18/h1-2,5-6,9-10,21-26,49-50H,3-4,7-8,11-16,41-42H2,(H,43,59)(H,44,60)(H,45,51)(H,46,52)(H,47,57)(H,48,58)(H,53,54)(H,55,56)(H,61,62)(H,63,64). The summed E-state index contributed by atoms with van der Waals surface area (Å²) in [6, 6.07) is 0.615. The number of hydrogen-bond donors (Lipinski definition) is 14. The summed E-state index contributed by atoms with van der Waals surface area (Å²) in [5.41, 5.74) is 13.1. The monoisotopic (exact) mass is 1190 g/mol. The number of nitrogens with one attached hydrogen (secondary N) is 6. The van der Waals surface area contributed by atoms with E-state index >= 15 is 0 Å². The zero-order valence-corrected chi connectivity index (χ0v) is 40.4. The molecule has 24 nitrogen and oxygen atoms in total. The van der Waals surface area contributed by atoms with Crippen LogP contribution >= 0.6 is 66.8 Å². The molecule has 362 valence electrons. The van der Waals surface area contributed by atoms with Gasteiger partial charge in [-0.25, -0.2) is 9.59 Å². The van der Waals surface area contributed by atoms with Crippen molar-refractivity contribution >= 4 is 126 Å². The average molecular weight is 1190 g/mol. The van der Waals surface area contributed by atoms with Crippen molar-refractivity contribution in [3.63, 3.8) is 0 Å². The molecule has 0 saturated carbocycles. The summed E-state index contributed by atoms with van der Waals surface area (Å²) < 4.78 is 1.00. The van der Waals surface area contributed by atoms with E-state index in [9.17, 15) is 68.4 Å². The van der Waals surface area contributed by atoms with Crippen molar-refractivity contribution in [2.24, 2.45) is 11.5 Å². The van der Waals surface area contributed by atoms with Gasteiger partial charge in [-0.05, 0) is 106 Å². The lowest BCUT2D eigenvalue weighted by atomic mass is 10.0. The molecule has 2 aromatic rings. The molecule has 0 bridgehead atoms. The number of aliphatic carboxylic acids is 4. The van der Waals surface area contributed by atoms with E-state index in [1.807, 2.05) is 45.2 Å². The number of phenols is 2. The van der Waals surface area contributed by atoms with Crippen LogP contribution < -0.4 is 43.4 Å². The van der Waals surface area contributed by atoms with Crippen LogP contribution in [-0.4, -0.2) is 151 Å². The van der Waals surface area contributed by atoms with E-state index in [0.717, 1.165) is 21.6 Å². The molecule has 66 heavy (non-hydrogen) atoms. The Morgan fingerprint density at radius 2 is 0.879 bits per heavy atom. The first-order valence-corrected chi connectivity index (χ1v) is 24.0. The average Bonchev–Trinajstić information content (AvgIpc) is 3.24. The van der Waals surface area contributed by atoms with Gasteiger partial charge in [-0.3, -0.25) is 38.4 Å². The van der Waals surface area contributed by atoms with Crippen molar-refractivity contribution in [1.29, 1.82) is 0 Å². The first kappa shape index (κ1) is 56.9. The Morgan fingerprint density at radius 3 is 1.18 bits per heavy atom. The number of nitrogens with two attached hydrogens (primary N) is 2. The molecule has 6 atom stereocenters. The highest BCUT2D eigenvalue weighted by Gasteiger charge is 2.29. The Labute approximate surface area is 411 Å². The van der Waals surface area contributed by atoms with Crippen molar-refractivity contribution in [1.82, 2.24) is 31.9 Å². The molecule has 2 rings (SSSR count). The van der Waals surface area contributed by atoms with E-state index < -0.39 is 134 Å². The van der Waals surface area contributed by atoms with Gasteiger partial charge in [0.25, 0.3) is 0 Å². The number of carbonyl (C=O) groups is 10. The fourth-order valence-electron chi connectivity index (χ4n) is 5.37. The molecular formula is C38H48I2N8O16S2. The van der Waals surface area contributed by atoms with Gasteiger partial charge in [0.1, 0.15) is 48.8 Å². The maximum Gasteiger partial charge on any atom is 0.326 e. The number of carbonyl (C=O) groups excluding carboxylic acids is 6. The van der Waals surface area contributed by atoms with Gasteiger partial charge in [0.15, 0.2) is 0 Å². The summed E-state index contributed by atoms with van der Waals surface area (Å²) >= 11 is 3.76. The first-order valence-electron chi connectivity index (χ1n) is 19.3. The van der Waals surface area contributed by atoms with Gasteiger partial charge < -0.3 is 74.0 Å². The van der Waals surface area contributed by atoms with Crippen LogP contribution in [-0.2, 0) is 60.8 Å². The zero-order valence-electron chi connectivity index (χ0n) is 34.5. The highest BCUT2D eigenvalue weighted by Crippen LogP contribution is 2.24. The molecule has 0 saturated heterocycles. The van der Waals surface area contributed by atoms with Crippen molar-refractivity contribution in [3.05, 3.63) is 54.7 Å². The van der Waals surface area contributed by atoms with Gasteiger partial charge in [-0.1, -0.05) is 33.7 Å². The molecule has 2 aromatic carbocycles. The van der Waals surface area contributed by atoms with Gasteiger partial charge >= 0.3 is 23.9 Å². The molecule has 0 fully saturated rings. The fourth-order valence-corrected chi connectivity index (χ4v) is 8.86. The van der Waals surface area contributed by atoms with Gasteiger partial charge in [0.2, 0.25) is 35.4 Å². The molecule has 0 heterocycles. The third kappa shape index (κ3) is 21.4. The van der Waals surface area contributed by atoms with Gasteiger partial charge in [0.05, 0.1) is 19.2 Å². The van der Waals surface area contributed by atoms with Crippen molar-refractivity contribution in [3.8, 4) is 11.5 Å². The van der Waals surface area contributed by atoms with E-state index in [-0.39, 0.29) is 35.8 Å². The molecular weight excluding hydrogens is 1140 g/mol. The van der Waals surface area contributed by atoms with E-state index in [4.69, 9.17) is 21.7 Å². The van der Waals surface area contributed by atoms with E-state index in [0.29, 0.717) is 18.3 Å². The lowest BCUT2D eigenvalue weighted by molar-refractivity contribution is -0.143. The Morgan fingerprint density at radius 1 is 0.530 bits per heavy atom. The molecule has 6 amide bonds. The topological polar surface area (TPSA) is 416 Å². The summed E-state index contributed by atoms with van der Waals surface area (Å²) in [7, 11) is 1.71. The second kappa shape index (κ2) is 28.8. The first-order chi connectivity index (χ1) is 31.0. The second-order valence-electron chi connectivity index (χ2n) is 14.1. The van der Waals surface area contributed by atoms with Crippen LogP contribution in [0.25, 0.3) is 0 Å². The minimum atomic E-state index is -1.59. The Hall–Kier alpha value is -5.18. The zero-order chi connectivity index (χ0) is 49.7. The normalized spacial score (nSPS) is 13.6. The number of halogens is 2. The summed E-state index contributed by atoms with van der Waals surface area (Å²) in [6.45, 7) is -1.67. The number of carboxylic acids is 4. The third-order valence-corrected chi connectivity index (χ3v) is 13.0. The predicted molar refractivity (Wildman–Crippen MR) is 253 cm³/mol. The molecule has 6 unspecified atom stereocenters. The van der Waals surface area contributed by atoms with Crippen LogP contribution in [0.4, 0.5) is 0 Å². The van der Waals surface area contributed by atoms with Crippen molar-refractivity contribution in [2.75, 3.05) is 24.6 Å². The van der Waals surface area contributed by atoms with Crippen LogP contribution in [0.3, 0.4) is 0 Å². The lowest BCUT2D eigenvalue weighted by Gasteiger charge is -2.21. The van der Waals surface area contributed by atoms with Crippen LogP contribution in [0.5, 0.6) is 11.5 Å². The molecule has 0 aliphatic carbocycles. The molecule has 0 radical (unpaired) electrons. The SMILES string of the molecule is NC(Cc1ccc(O)c(I)c1)C(=O)NC(CCC(=O)NC(CSSCC(NC(=O)CCC(NC(=O)C(N)Cc1ccc(O)c(I)c1)C(=O)O)C(=O)NCC(=O)O)C(=O)NCC(=O)O)C(=O)O. The second-order valence-corrected chi connectivity index (χ2v) is 19.0. The molecule has 0 aliphatic rings. The number of rotatable bonds is 29. The lowest BCUT2D eigenvalue weighted by Crippen LogP contribution is -2.51. The van der Waals surface area contributed by atoms with Crippen molar-refractivity contribution in [2.45, 2.75) is 74.8 Å². The maximum atomic E-state index is 13.0. The predicted octanol–water partition coefficient (Wildman–Crippen LogP) is -1.80. The van der Waals surface area contributed by atoms with Crippen molar-refractivity contribution < 1.29 is 78.6 Å². The van der Waals surface area contributed by atoms with Crippen LogP contribution in [0, 0.1) is 7.14 Å². The van der Waals surface area contributed by atoms with Gasteiger partial charge in [-0.15, -0.1) is 0 Å². The highest BCUT2D eigenvalue weighted by atomic mass is 127. The summed E-state index contributed by atoms with van der Waals surface area (Å²) in [5.74, 6) is -11.7. The minimum absolute atomic E-state index is 0.00711. The summed E-state index contributed by atoms with van der Waals surface area (Å²) in [6.07, 6.45) is -2.01. The number of benzene rings is 2. The third-order valence-electron chi connectivity index (χ3n) is 8.84. The highest BCUT2D eigenvalue weighted by molar-refractivity contribution is 14.1. The number of carboxylic acid groups (broad SMARTS) is 4. The smallest absolute Gasteiger partial charge is 0.326 e. The maximum absolute atomic E-state index is 13.0. The molecule has 0 aromatic heterocycles. The minimum Gasteiger partial charge on any atom is -0.507 e. The number of aromatic hydroxyl groups is 2.